The normalized spacial score (nSPS) is 13.8. The van der Waals surface area contributed by atoms with Gasteiger partial charge in [-0.1, -0.05) is 23.9 Å². The van der Waals surface area contributed by atoms with Crippen LogP contribution in [0, 0.1) is 10.1 Å². The van der Waals surface area contributed by atoms with E-state index in [2.05, 4.69) is 10.2 Å². The van der Waals surface area contributed by atoms with Crippen LogP contribution in [0.5, 0.6) is 5.75 Å². The molecule has 2 aromatic carbocycles. The first-order valence-electron chi connectivity index (χ1n) is 9.92. The molecule has 1 amide bonds. The van der Waals surface area contributed by atoms with Gasteiger partial charge in [0.2, 0.25) is 11.8 Å². The number of anilines is 1. The lowest BCUT2D eigenvalue weighted by Gasteiger charge is -2.35. The zero-order valence-corrected chi connectivity index (χ0v) is 18.2. The highest BCUT2D eigenvalue weighted by Crippen LogP contribution is 2.29. The monoisotopic (exact) mass is 455 g/mol. The molecule has 1 fully saturated rings. The minimum Gasteiger partial charge on any atom is -0.497 e. The van der Waals surface area contributed by atoms with Crippen molar-refractivity contribution in [3.63, 3.8) is 0 Å². The largest absolute Gasteiger partial charge is 0.497 e. The number of hydrogen-bond acceptors (Lipinski definition) is 9. The quantitative estimate of drug-likeness (QED) is 0.301. The third kappa shape index (κ3) is 4.83. The number of aromatic nitrogens is 2. The zero-order chi connectivity index (χ0) is 22.5. The van der Waals surface area contributed by atoms with Crippen LogP contribution in [0.1, 0.15) is 0 Å². The number of carbonyl (C=O) groups is 1. The van der Waals surface area contributed by atoms with Crippen molar-refractivity contribution >= 4 is 29.0 Å². The highest BCUT2D eigenvalue weighted by molar-refractivity contribution is 7.99. The molecule has 0 spiro atoms. The second kappa shape index (κ2) is 9.69. The van der Waals surface area contributed by atoms with Crippen molar-refractivity contribution in [3.8, 4) is 17.2 Å². The number of nitro groups is 1. The second-order valence-corrected chi connectivity index (χ2v) is 7.93. The summed E-state index contributed by atoms with van der Waals surface area (Å²) >= 11 is 1.19. The van der Waals surface area contributed by atoms with Gasteiger partial charge >= 0.3 is 0 Å². The molecule has 11 heteroatoms. The van der Waals surface area contributed by atoms with E-state index in [-0.39, 0.29) is 22.3 Å². The fourth-order valence-electron chi connectivity index (χ4n) is 3.42. The predicted molar refractivity (Wildman–Crippen MR) is 119 cm³/mol. The molecule has 0 aliphatic carbocycles. The molecule has 2 heterocycles. The van der Waals surface area contributed by atoms with E-state index in [1.807, 2.05) is 17.0 Å². The van der Waals surface area contributed by atoms with Gasteiger partial charge in [-0.15, -0.1) is 10.2 Å². The van der Waals surface area contributed by atoms with Crippen LogP contribution in [0.2, 0.25) is 0 Å². The van der Waals surface area contributed by atoms with Crippen molar-refractivity contribution in [1.29, 1.82) is 0 Å². The summed E-state index contributed by atoms with van der Waals surface area (Å²) in [7, 11) is 1.60. The Morgan fingerprint density at radius 3 is 2.53 bits per heavy atom. The predicted octanol–water partition coefficient (Wildman–Crippen LogP) is 3.09. The molecule has 1 aliphatic rings. The Bertz CT molecular complexity index is 1100. The number of carbonyl (C=O) groups excluding carboxylic acids is 1. The summed E-state index contributed by atoms with van der Waals surface area (Å²) in [5, 5.41) is 19.6. The number of thioether (sulfide) groups is 1. The fourth-order valence-corrected chi connectivity index (χ4v) is 4.08. The first kappa shape index (κ1) is 21.6. The summed E-state index contributed by atoms with van der Waals surface area (Å²) in [6, 6.07) is 13.9. The van der Waals surface area contributed by atoms with Gasteiger partial charge in [0.05, 0.1) is 17.8 Å². The van der Waals surface area contributed by atoms with Crippen LogP contribution in [-0.2, 0) is 4.79 Å². The molecule has 0 N–H and O–H groups in total. The number of hydrogen-bond donors (Lipinski definition) is 0. The Labute approximate surface area is 188 Å². The fraction of sp³-hybridized carbons (Fsp3) is 0.286. The Morgan fingerprint density at radius 1 is 1.12 bits per heavy atom. The summed E-state index contributed by atoms with van der Waals surface area (Å²) in [6.45, 7) is 2.05. The van der Waals surface area contributed by atoms with Gasteiger partial charge in [-0.25, -0.2) is 0 Å². The minimum absolute atomic E-state index is 0.0404. The van der Waals surface area contributed by atoms with Crippen molar-refractivity contribution < 1.29 is 18.9 Å². The Morgan fingerprint density at radius 2 is 1.84 bits per heavy atom. The lowest BCUT2D eigenvalue weighted by Crippen LogP contribution is -2.49. The van der Waals surface area contributed by atoms with Gasteiger partial charge in [-0.05, 0) is 30.3 Å². The Hall–Kier alpha value is -3.60. The Balaban J connectivity index is 1.29. The molecule has 0 unspecified atom stereocenters. The highest BCUT2D eigenvalue weighted by atomic mass is 32.2. The van der Waals surface area contributed by atoms with Gasteiger partial charge in [0.1, 0.15) is 11.4 Å². The molecule has 1 aliphatic heterocycles. The number of ether oxygens (including phenoxy) is 1. The number of nitro benzene ring substituents is 1. The van der Waals surface area contributed by atoms with Crippen molar-refractivity contribution in [2.24, 2.45) is 0 Å². The number of benzene rings is 2. The maximum Gasteiger partial charge on any atom is 0.292 e. The lowest BCUT2D eigenvalue weighted by molar-refractivity contribution is -0.384. The van der Waals surface area contributed by atoms with Crippen LogP contribution in [0.4, 0.5) is 11.4 Å². The van der Waals surface area contributed by atoms with Crippen molar-refractivity contribution in [1.82, 2.24) is 15.1 Å². The summed E-state index contributed by atoms with van der Waals surface area (Å²) in [6.07, 6.45) is 0. The highest BCUT2D eigenvalue weighted by Gasteiger charge is 2.25. The minimum atomic E-state index is -0.381. The van der Waals surface area contributed by atoms with E-state index in [1.54, 1.807) is 42.3 Å². The maximum absolute atomic E-state index is 12.6. The van der Waals surface area contributed by atoms with Gasteiger partial charge in [0, 0.05) is 37.8 Å². The number of nitrogens with zero attached hydrogens (tertiary/aromatic N) is 5. The summed E-state index contributed by atoms with van der Waals surface area (Å²) < 4.78 is 10.8. The van der Waals surface area contributed by atoms with E-state index >= 15 is 0 Å². The molecule has 166 valence electrons. The van der Waals surface area contributed by atoms with Gasteiger partial charge in [0.25, 0.3) is 10.9 Å². The van der Waals surface area contributed by atoms with E-state index in [9.17, 15) is 14.9 Å². The van der Waals surface area contributed by atoms with Crippen molar-refractivity contribution in [3.05, 3.63) is 58.6 Å². The molecule has 10 nitrogen and oxygen atoms in total. The third-order valence-corrected chi connectivity index (χ3v) is 5.92. The average molecular weight is 455 g/mol. The summed E-state index contributed by atoms with van der Waals surface area (Å²) in [5.41, 5.74) is 1.42. The van der Waals surface area contributed by atoms with E-state index in [0.717, 1.165) is 11.3 Å². The van der Waals surface area contributed by atoms with Crippen LogP contribution in [0.15, 0.2) is 58.2 Å². The molecule has 1 aromatic heterocycles. The number of para-hydroxylation sites is 2. The van der Waals surface area contributed by atoms with Gasteiger partial charge in [-0.3, -0.25) is 14.9 Å². The topological polar surface area (TPSA) is 115 Å². The summed E-state index contributed by atoms with van der Waals surface area (Å²) in [5.74, 6) is 1.24. The van der Waals surface area contributed by atoms with Crippen LogP contribution in [0.3, 0.4) is 0 Å². The van der Waals surface area contributed by atoms with Crippen LogP contribution < -0.4 is 9.64 Å². The smallest absolute Gasteiger partial charge is 0.292 e. The molecule has 0 radical (unpaired) electrons. The van der Waals surface area contributed by atoms with E-state index in [4.69, 9.17) is 9.15 Å². The molecule has 1 saturated heterocycles. The Kier molecular flexibility index (Phi) is 6.55. The molecule has 0 bridgehead atoms. The SMILES string of the molecule is COc1ccc(-c2nnc(SCC(=O)N3CCN(c4ccccc4[N+](=O)[O-])CC3)o2)cc1. The van der Waals surface area contributed by atoms with Crippen LogP contribution in [0.25, 0.3) is 11.5 Å². The van der Waals surface area contributed by atoms with Gasteiger partial charge < -0.3 is 19.0 Å². The second-order valence-electron chi connectivity index (χ2n) is 7.00. The van der Waals surface area contributed by atoms with E-state index in [0.29, 0.717) is 43.0 Å². The molecule has 0 atom stereocenters. The first-order chi connectivity index (χ1) is 15.5. The molecule has 0 saturated carbocycles. The number of methoxy groups -OCH3 is 1. The molecule has 32 heavy (non-hydrogen) atoms. The molecular weight excluding hydrogens is 434 g/mol. The van der Waals surface area contributed by atoms with E-state index in [1.165, 1.54) is 17.8 Å². The number of rotatable bonds is 7. The van der Waals surface area contributed by atoms with Gasteiger partial charge in [0.15, 0.2) is 0 Å². The van der Waals surface area contributed by atoms with E-state index < -0.39 is 0 Å². The number of piperazine rings is 1. The van der Waals surface area contributed by atoms with Crippen LogP contribution in [-0.4, -0.2) is 65.0 Å². The first-order valence-corrected chi connectivity index (χ1v) is 10.9. The third-order valence-electron chi connectivity index (χ3n) is 5.11. The maximum atomic E-state index is 12.6. The molecule has 3 aromatic rings. The molecule has 4 rings (SSSR count). The average Bonchev–Trinajstić information content (AvgIpc) is 3.32. The summed E-state index contributed by atoms with van der Waals surface area (Å²) in [4.78, 5) is 27.2. The van der Waals surface area contributed by atoms with Crippen LogP contribution >= 0.6 is 11.8 Å². The number of amides is 1. The van der Waals surface area contributed by atoms with Crippen molar-refractivity contribution in [2.45, 2.75) is 5.22 Å². The zero-order valence-electron chi connectivity index (χ0n) is 17.3. The lowest BCUT2D eigenvalue weighted by atomic mass is 10.2. The van der Waals surface area contributed by atoms with Gasteiger partial charge in [-0.2, -0.15) is 0 Å². The molecular formula is C21H21N5O5S. The van der Waals surface area contributed by atoms with Crippen molar-refractivity contribution in [2.75, 3.05) is 43.9 Å². The standard InChI is InChI=1S/C21H21N5O5S/c1-30-16-8-6-15(7-9-16)20-22-23-21(31-20)32-14-19(27)25-12-10-24(11-13-25)17-4-2-3-5-18(17)26(28)29/h2-9H,10-14H2,1H3.